The third-order valence-electron chi connectivity index (χ3n) is 11.1. The number of ether oxygens (including phenoxy) is 4. The van der Waals surface area contributed by atoms with E-state index < -0.39 is 5.79 Å². The SMILES string of the molecule is COc1ccc(CNc2ncnc3c2ccn3C2CC(CN(C)C3CC(CCc4nc5cc(Cl)c(Cl)cc5[nH]4)C3)C3OC(C)(C)OC32)c(OC)c1. The minimum atomic E-state index is -0.637. The summed E-state index contributed by atoms with van der Waals surface area (Å²) < 4.78 is 26.5. The summed E-state index contributed by atoms with van der Waals surface area (Å²) in [4.78, 5) is 20.1. The zero-order chi connectivity index (χ0) is 35.4. The molecule has 0 bridgehead atoms. The van der Waals surface area contributed by atoms with Gasteiger partial charge in [-0.1, -0.05) is 23.2 Å². The highest BCUT2D eigenvalue weighted by molar-refractivity contribution is 6.42. The molecule has 0 radical (unpaired) electrons. The molecular weight excluding hydrogens is 689 g/mol. The highest BCUT2D eigenvalue weighted by Gasteiger charge is 2.55. The van der Waals surface area contributed by atoms with Crippen molar-refractivity contribution >= 4 is 51.1 Å². The third kappa shape index (κ3) is 6.75. The number of anilines is 1. The Morgan fingerprint density at radius 3 is 2.63 bits per heavy atom. The summed E-state index contributed by atoms with van der Waals surface area (Å²) in [6.07, 6.45) is 9.07. The van der Waals surface area contributed by atoms with Crippen molar-refractivity contribution in [3.63, 3.8) is 0 Å². The number of hydrogen-bond acceptors (Lipinski definition) is 9. The van der Waals surface area contributed by atoms with Crippen LogP contribution in [0.4, 0.5) is 5.82 Å². The van der Waals surface area contributed by atoms with E-state index in [1.165, 1.54) is 12.8 Å². The molecule has 51 heavy (non-hydrogen) atoms. The van der Waals surface area contributed by atoms with Crippen molar-refractivity contribution in [2.24, 2.45) is 11.8 Å². The molecule has 2 aromatic carbocycles. The average molecular weight is 735 g/mol. The lowest BCUT2D eigenvalue weighted by Crippen LogP contribution is -2.46. The summed E-state index contributed by atoms with van der Waals surface area (Å²) in [7, 11) is 5.59. The first-order valence-electron chi connectivity index (χ1n) is 17.7. The van der Waals surface area contributed by atoms with Crippen molar-refractivity contribution in [2.45, 2.75) is 82.6 Å². The number of aromatic amines is 1. The number of aryl methyl sites for hydroxylation is 1. The van der Waals surface area contributed by atoms with Crippen molar-refractivity contribution in [1.29, 1.82) is 0 Å². The quantitative estimate of drug-likeness (QED) is 0.133. The zero-order valence-corrected chi connectivity index (χ0v) is 31.2. The number of halogens is 2. The number of rotatable bonds is 12. The van der Waals surface area contributed by atoms with Crippen LogP contribution in [-0.4, -0.2) is 81.3 Å². The van der Waals surface area contributed by atoms with Gasteiger partial charge in [0.15, 0.2) is 5.79 Å². The first-order valence-corrected chi connectivity index (χ1v) is 18.5. The molecule has 3 aliphatic rings. The number of imidazole rings is 1. The number of H-pyrrole nitrogens is 1. The molecule has 8 rings (SSSR count). The smallest absolute Gasteiger partial charge is 0.163 e. The predicted molar refractivity (Wildman–Crippen MR) is 199 cm³/mol. The van der Waals surface area contributed by atoms with E-state index in [0.717, 1.165) is 76.6 Å². The summed E-state index contributed by atoms with van der Waals surface area (Å²) in [5.41, 5.74) is 3.69. The second-order valence-corrected chi connectivity index (χ2v) is 15.6. The maximum atomic E-state index is 6.61. The van der Waals surface area contributed by atoms with Crippen LogP contribution < -0.4 is 14.8 Å². The predicted octanol–water partition coefficient (Wildman–Crippen LogP) is 7.67. The molecule has 3 fully saturated rings. The van der Waals surface area contributed by atoms with E-state index in [1.54, 1.807) is 20.5 Å². The van der Waals surface area contributed by atoms with Gasteiger partial charge in [-0.2, -0.15) is 0 Å². The summed E-state index contributed by atoms with van der Waals surface area (Å²) >= 11 is 12.4. The number of nitrogens with zero attached hydrogens (tertiary/aromatic N) is 5. The van der Waals surface area contributed by atoms with Crippen LogP contribution in [0.15, 0.2) is 48.9 Å². The molecular formula is C38H45Cl2N7O4. The fourth-order valence-corrected chi connectivity index (χ4v) is 8.72. The van der Waals surface area contributed by atoms with E-state index in [2.05, 4.69) is 44.1 Å². The van der Waals surface area contributed by atoms with Gasteiger partial charge in [-0.3, -0.25) is 0 Å². The van der Waals surface area contributed by atoms with Crippen LogP contribution in [-0.2, 0) is 22.4 Å². The number of hydrogen-bond donors (Lipinski definition) is 2. The van der Waals surface area contributed by atoms with Crippen molar-refractivity contribution in [2.75, 3.05) is 33.1 Å². The molecule has 13 heteroatoms. The zero-order valence-electron chi connectivity index (χ0n) is 29.7. The van der Waals surface area contributed by atoms with Gasteiger partial charge in [0.1, 0.15) is 41.2 Å². The Morgan fingerprint density at radius 1 is 1.02 bits per heavy atom. The highest BCUT2D eigenvalue weighted by atomic mass is 35.5. The normalized spacial score (nSPS) is 25.4. The molecule has 4 atom stereocenters. The number of nitrogens with one attached hydrogen (secondary N) is 2. The maximum Gasteiger partial charge on any atom is 0.163 e. The van der Waals surface area contributed by atoms with Gasteiger partial charge in [-0.15, -0.1) is 0 Å². The van der Waals surface area contributed by atoms with E-state index in [9.17, 15) is 0 Å². The van der Waals surface area contributed by atoms with Crippen LogP contribution in [0.25, 0.3) is 22.1 Å². The third-order valence-corrected chi connectivity index (χ3v) is 11.8. The van der Waals surface area contributed by atoms with Gasteiger partial charge in [-0.05, 0) is 82.8 Å². The second-order valence-electron chi connectivity index (χ2n) is 14.8. The molecule has 0 spiro atoms. The van der Waals surface area contributed by atoms with Gasteiger partial charge in [0.05, 0.1) is 52.8 Å². The number of aromatic nitrogens is 5. The standard InChI is InChI=1S/C38H45Cl2N7O4/c1-38(2)50-34-23(19-46(3)24-12-21(13-24)6-9-33-44-29-16-27(39)28(40)17-30(29)45-33)14-31(35(34)51-38)47-11-10-26-36(42-20-43-37(26)47)41-18-22-7-8-25(48-4)15-32(22)49-5/h7-8,10-11,15-17,20-21,23-24,31,34-35H,6,9,12-14,18-19H2,1-5H3,(H,44,45)(H,41,42,43). The molecule has 4 unspecified atom stereocenters. The first-order chi connectivity index (χ1) is 24.6. The van der Waals surface area contributed by atoms with Gasteiger partial charge in [0, 0.05) is 49.3 Å². The van der Waals surface area contributed by atoms with E-state index in [0.29, 0.717) is 34.5 Å². The summed E-state index contributed by atoms with van der Waals surface area (Å²) in [5.74, 6) is 3.67. The Kier molecular flexibility index (Phi) is 9.29. The molecule has 2 N–H and O–H groups in total. The van der Waals surface area contributed by atoms with Crippen molar-refractivity contribution in [3.05, 3.63) is 70.4 Å². The Labute approximate surface area is 307 Å². The number of benzene rings is 2. The largest absolute Gasteiger partial charge is 0.497 e. The Morgan fingerprint density at radius 2 is 1.82 bits per heavy atom. The fourth-order valence-electron chi connectivity index (χ4n) is 8.40. The van der Waals surface area contributed by atoms with Gasteiger partial charge < -0.3 is 38.7 Å². The molecule has 11 nitrogen and oxygen atoms in total. The number of fused-ring (bicyclic) bond motifs is 3. The molecule has 0 amide bonds. The van der Waals surface area contributed by atoms with Crippen molar-refractivity contribution in [1.82, 2.24) is 29.4 Å². The summed E-state index contributed by atoms with van der Waals surface area (Å²) in [6.45, 7) is 5.56. The Bertz CT molecular complexity index is 2000. The fraction of sp³-hybridized carbons (Fsp3) is 0.500. The lowest BCUT2D eigenvalue weighted by atomic mass is 9.76. The van der Waals surface area contributed by atoms with Crippen molar-refractivity contribution in [3.8, 4) is 11.5 Å². The van der Waals surface area contributed by atoms with Crippen LogP contribution in [0.5, 0.6) is 11.5 Å². The first kappa shape index (κ1) is 34.5. The second kappa shape index (κ2) is 13.7. The molecule has 3 aromatic heterocycles. The van der Waals surface area contributed by atoms with Crippen LogP contribution >= 0.6 is 23.2 Å². The molecule has 5 aromatic rings. The molecule has 2 aliphatic carbocycles. The monoisotopic (exact) mass is 733 g/mol. The van der Waals surface area contributed by atoms with Crippen LogP contribution in [0.2, 0.25) is 10.0 Å². The minimum Gasteiger partial charge on any atom is -0.497 e. The average Bonchev–Trinajstić information content (AvgIpc) is 3.85. The van der Waals surface area contributed by atoms with Gasteiger partial charge >= 0.3 is 0 Å². The molecule has 4 heterocycles. The van der Waals surface area contributed by atoms with Gasteiger partial charge in [0.2, 0.25) is 0 Å². The lowest BCUT2D eigenvalue weighted by molar-refractivity contribution is -0.161. The topological polar surface area (TPSA) is 112 Å². The maximum absolute atomic E-state index is 6.61. The molecule has 270 valence electrons. The molecule has 2 saturated carbocycles. The minimum absolute atomic E-state index is 0.0119. The Hall–Kier alpha value is -3.61. The van der Waals surface area contributed by atoms with E-state index in [1.807, 2.05) is 44.2 Å². The highest BCUT2D eigenvalue weighted by Crippen LogP contribution is 2.49. The van der Waals surface area contributed by atoms with Gasteiger partial charge in [0.25, 0.3) is 0 Å². The Balaban J connectivity index is 0.914. The van der Waals surface area contributed by atoms with Crippen LogP contribution in [0.3, 0.4) is 0 Å². The van der Waals surface area contributed by atoms with E-state index >= 15 is 0 Å². The summed E-state index contributed by atoms with van der Waals surface area (Å²) in [6, 6.07) is 12.3. The van der Waals surface area contributed by atoms with Crippen LogP contribution in [0, 0.1) is 11.8 Å². The van der Waals surface area contributed by atoms with E-state index in [4.69, 9.17) is 52.1 Å². The van der Waals surface area contributed by atoms with Crippen molar-refractivity contribution < 1.29 is 18.9 Å². The lowest BCUT2D eigenvalue weighted by Gasteiger charge is -2.42. The number of methoxy groups -OCH3 is 2. The van der Waals surface area contributed by atoms with Crippen LogP contribution in [0.1, 0.15) is 57.0 Å². The van der Waals surface area contributed by atoms with E-state index in [-0.39, 0.29) is 18.2 Å². The molecule has 1 saturated heterocycles. The van der Waals surface area contributed by atoms with Gasteiger partial charge in [-0.25, -0.2) is 15.0 Å². The summed E-state index contributed by atoms with van der Waals surface area (Å²) in [5, 5.41) is 5.55. The molecule has 1 aliphatic heterocycles.